The van der Waals surface area contributed by atoms with Crippen LogP contribution in [0.1, 0.15) is 18.4 Å². The van der Waals surface area contributed by atoms with Gasteiger partial charge in [0.25, 0.3) is 0 Å². The fourth-order valence-electron chi connectivity index (χ4n) is 1.26. The summed E-state index contributed by atoms with van der Waals surface area (Å²) >= 11 is 0. The van der Waals surface area contributed by atoms with Gasteiger partial charge in [-0.05, 0) is 5.56 Å². The molecule has 0 aromatic heterocycles. The lowest BCUT2D eigenvalue weighted by molar-refractivity contribution is -0.132. The summed E-state index contributed by atoms with van der Waals surface area (Å²) in [5, 5.41) is 17.3. The minimum absolute atomic E-state index is 0.0723. The number of carboxylic acids is 1. The number of nitrogens with zero attached hydrogens (tertiary/aromatic N) is 1. The molecule has 76 valence electrons. The van der Waals surface area contributed by atoms with Crippen LogP contribution in [0.3, 0.4) is 0 Å². The zero-order chi connectivity index (χ0) is 11.3. The van der Waals surface area contributed by atoms with Gasteiger partial charge in [0.2, 0.25) is 0 Å². The van der Waals surface area contributed by atoms with E-state index >= 15 is 0 Å². The predicted molar refractivity (Wildman–Crippen MR) is 56.2 cm³/mol. The molecule has 15 heavy (non-hydrogen) atoms. The quantitative estimate of drug-likeness (QED) is 0.603. The zero-order valence-corrected chi connectivity index (χ0v) is 8.34. The van der Waals surface area contributed by atoms with Crippen LogP contribution in [-0.2, 0) is 4.79 Å². The van der Waals surface area contributed by atoms with Gasteiger partial charge < -0.3 is 5.11 Å². The molecule has 3 nitrogen and oxygen atoms in total. The minimum atomic E-state index is -1.18. The second kappa shape index (κ2) is 4.97. The van der Waals surface area contributed by atoms with Crippen molar-refractivity contribution in [1.82, 2.24) is 0 Å². The van der Waals surface area contributed by atoms with Crippen LogP contribution in [0.2, 0.25) is 0 Å². The van der Waals surface area contributed by atoms with Crippen LogP contribution in [0.15, 0.2) is 42.0 Å². The number of carboxylic acid groups (broad SMARTS) is 1. The van der Waals surface area contributed by atoms with E-state index in [1.165, 1.54) is 6.08 Å². The highest BCUT2D eigenvalue weighted by molar-refractivity contribution is 5.91. The van der Waals surface area contributed by atoms with Crippen molar-refractivity contribution in [2.24, 2.45) is 0 Å². The van der Waals surface area contributed by atoms with Crippen LogP contribution in [0.5, 0.6) is 0 Å². The summed E-state index contributed by atoms with van der Waals surface area (Å²) in [4.78, 5) is 10.6. The number of rotatable bonds is 3. The normalized spacial score (nSPS) is 12.9. The number of allylic oxidation sites excluding steroid dienone is 1. The van der Waals surface area contributed by atoms with E-state index < -0.39 is 5.97 Å². The highest BCUT2D eigenvalue weighted by atomic mass is 16.4. The van der Waals surface area contributed by atoms with Gasteiger partial charge in [0.1, 0.15) is 11.6 Å². The molecule has 0 saturated carbocycles. The molecule has 1 aromatic carbocycles. The van der Waals surface area contributed by atoms with E-state index in [-0.39, 0.29) is 11.5 Å². The first-order chi connectivity index (χ1) is 7.15. The number of nitriles is 1. The predicted octanol–water partition coefficient (Wildman–Crippen LogP) is 2.32. The van der Waals surface area contributed by atoms with Crippen molar-refractivity contribution in [3.05, 3.63) is 47.5 Å². The Labute approximate surface area is 88.3 Å². The van der Waals surface area contributed by atoms with Gasteiger partial charge in [-0.2, -0.15) is 5.26 Å². The van der Waals surface area contributed by atoms with E-state index in [0.29, 0.717) is 0 Å². The van der Waals surface area contributed by atoms with E-state index in [4.69, 9.17) is 10.4 Å². The average Bonchev–Trinajstić information content (AvgIpc) is 2.26. The molecule has 1 rings (SSSR count). The Morgan fingerprint density at radius 1 is 1.47 bits per heavy atom. The second-order valence-corrected chi connectivity index (χ2v) is 3.20. The first-order valence-electron chi connectivity index (χ1n) is 4.55. The van der Waals surface area contributed by atoms with Gasteiger partial charge in [-0.3, -0.25) is 0 Å². The molecule has 1 unspecified atom stereocenters. The molecular weight excluding hydrogens is 190 g/mol. The molecule has 0 aliphatic carbocycles. The standard InChI is InChI=1S/C12H11NO2/c1-9(7-11(8-13)12(14)15)10-5-3-2-4-6-10/h2-7,9H,1H3,(H,14,15)/b11-7-. The molecule has 0 saturated heterocycles. The van der Waals surface area contributed by atoms with Gasteiger partial charge in [-0.15, -0.1) is 0 Å². The summed E-state index contributed by atoms with van der Waals surface area (Å²) in [6.07, 6.45) is 1.46. The van der Waals surface area contributed by atoms with Crippen LogP contribution < -0.4 is 0 Å². The van der Waals surface area contributed by atoms with Crippen LogP contribution >= 0.6 is 0 Å². The number of aliphatic carboxylic acids is 1. The zero-order valence-electron chi connectivity index (χ0n) is 8.34. The maximum atomic E-state index is 10.6. The maximum absolute atomic E-state index is 10.6. The summed E-state index contributed by atoms with van der Waals surface area (Å²) in [6, 6.07) is 11.1. The Hall–Kier alpha value is -2.08. The summed E-state index contributed by atoms with van der Waals surface area (Å²) < 4.78 is 0. The maximum Gasteiger partial charge on any atom is 0.346 e. The second-order valence-electron chi connectivity index (χ2n) is 3.20. The van der Waals surface area contributed by atoms with Gasteiger partial charge in [0, 0.05) is 5.92 Å². The molecule has 0 aliphatic heterocycles. The Kier molecular flexibility index (Phi) is 3.64. The van der Waals surface area contributed by atoms with E-state index in [0.717, 1.165) is 5.56 Å². The summed E-state index contributed by atoms with van der Waals surface area (Å²) in [7, 11) is 0. The fraction of sp³-hybridized carbons (Fsp3) is 0.167. The molecule has 1 aromatic rings. The van der Waals surface area contributed by atoms with Crippen LogP contribution in [-0.4, -0.2) is 11.1 Å². The Morgan fingerprint density at radius 3 is 2.53 bits per heavy atom. The fourth-order valence-corrected chi connectivity index (χ4v) is 1.26. The number of hydrogen-bond donors (Lipinski definition) is 1. The molecule has 0 aliphatic rings. The first-order valence-corrected chi connectivity index (χ1v) is 4.55. The van der Waals surface area contributed by atoms with Crippen molar-refractivity contribution in [3.63, 3.8) is 0 Å². The summed E-state index contributed by atoms with van der Waals surface area (Å²) in [6.45, 7) is 1.86. The van der Waals surface area contributed by atoms with Gasteiger partial charge in [-0.1, -0.05) is 43.3 Å². The minimum Gasteiger partial charge on any atom is -0.477 e. The summed E-state index contributed by atoms with van der Waals surface area (Å²) in [5.74, 6) is -1.25. The number of carbonyl (C=O) groups is 1. The molecule has 0 spiro atoms. The highest BCUT2D eigenvalue weighted by Crippen LogP contribution is 2.17. The lowest BCUT2D eigenvalue weighted by atomic mass is 9.99. The molecule has 1 N–H and O–H groups in total. The van der Waals surface area contributed by atoms with Gasteiger partial charge in [0.15, 0.2) is 0 Å². The number of hydrogen-bond acceptors (Lipinski definition) is 2. The molecule has 0 heterocycles. The first kappa shape index (κ1) is 11.0. The van der Waals surface area contributed by atoms with Gasteiger partial charge in [-0.25, -0.2) is 4.79 Å². The third-order valence-electron chi connectivity index (χ3n) is 2.09. The van der Waals surface area contributed by atoms with E-state index in [9.17, 15) is 4.79 Å². The number of benzene rings is 1. The Bertz CT molecular complexity index is 415. The third-order valence-corrected chi connectivity index (χ3v) is 2.09. The van der Waals surface area contributed by atoms with Crippen molar-refractivity contribution < 1.29 is 9.90 Å². The lowest BCUT2D eigenvalue weighted by Gasteiger charge is -2.05. The summed E-state index contributed by atoms with van der Waals surface area (Å²) in [5.41, 5.74) is 0.776. The largest absolute Gasteiger partial charge is 0.477 e. The lowest BCUT2D eigenvalue weighted by Crippen LogP contribution is -2.00. The molecule has 1 atom stereocenters. The van der Waals surface area contributed by atoms with Crippen LogP contribution in [0.25, 0.3) is 0 Å². The van der Waals surface area contributed by atoms with Crippen LogP contribution in [0.4, 0.5) is 0 Å². The molecule has 0 bridgehead atoms. The van der Waals surface area contributed by atoms with Crippen molar-refractivity contribution in [1.29, 1.82) is 5.26 Å². The Balaban J connectivity index is 2.93. The Morgan fingerprint density at radius 2 is 2.07 bits per heavy atom. The molecule has 0 amide bonds. The van der Waals surface area contributed by atoms with Crippen molar-refractivity contribution in [3.8, 4) is 6.07 Å². The van der Waals surface area contributed by atoms with Gasteiger partial charge in [0.05, 0.1) is 0 Å². The SMILES string of the molecule is CC(/C=C(/C#N)C(=O)O)c1ccccc1. The van der Waals surface area contributed by atoms with E-state index in [1.807, 2.05) is 37.3 Å². The smallest absolute Gasteiger partial charge is 0.346 e. The highest BCUT2D eigenvalue weighted by Gasteiger charge is 2.09. The molecular formula is C12H11NO2. The van der Waals surface area contributed by atoms with Crippen molar-refractivity contribution in [2.45, 2.75) is 12.8 Å². The topological polar surface area (TPSA) is 61.1 Å². The monoisotopic (exact) mass is 201 g/mol. The van der Waals surface area contributed by atoms with E-state index in [1.54, 1.807) is 6.07 Å². The van der Waals surface area contributed by atoms with Crippen LogP contribution in [0, 0.1) is 11.3 Å². The molecule has 3 heteroatoms. The van der Waals surface area contributed by atoms with Gasteiger partial charge >= 0.3 is 5.97 Å². The molecule has 0 radical (unpaired) electrons. The van der Waals surface area contributed by atoms with E-state index in [2.05, 4.69) is 0 Å². The van der Waals surface area contributed by atoms with Crippen molar-refractivity contribution in [2.75, 3.05) is 0 Å². The third kappa shape index (κ3) is 2.96. The average molecular weight is 201 g/mol. The van der Waals surface area contributed by atoms with Crippen molar-refractivity contribution >= 4 is 5.97 Å². The molecule has 0 fully saturated rings.